The summed E-state index contributed by atoms with van der Waals surface area (Å²) in [5.41, 5.74) is 7.81. The fourth-order valence-corrected chi connectivity index (χ4v) is 4.15. The van der Waals surface area contributed by atoms with Crippen molar-refractivity contribution in [3.63, 3.8) is 0 Å². The third kappa shape index (κ3) is 4.83. The number of aromatic nitrogens is 2. The van der Waals surface area contributed by atoms with Crippen LogP contribution in [0.25, 0.3) is 10.4 Å². The number of carbonyl (C=O) groups excluding carboxylic acids is 2. The molecule has 1 aromatic heterocycles. The second-order valence-electron chi connectivity index (χ2n) is 8.24. The lowest BCUT2D eigenvalue weighted by Crippen LogP contribution is -2.37. The molecule has 4 atom stereocenters. The highest BCUT2D eigenvalue weighted by atomic mass is 16.6. The summed E-state index contributed by atoms with van der Waals surface area (Å²) >= 11 is 0. The molecule has 1 saturated heterocycles. The summed E-state index contributed by atoms with van der Waals surface area (Å²) in [6.07, 6.45) is -0.413. The molecule has 0 bridgehead atoms. The van der Waals surface area contributed by atoms with Crippen LogP contribution in [0.5, 0.6) is 0 Å². The molecule has 1 N–H and O–H groups in total. The maximum Gasteiger partial charge on any atom is 0.351 e. The number of nitrogens with one attached hydrogen (secondary N) is 1. The Morgan fingerprint density at radius 2 is 1.78 bits per heavy atom. The second kappa shape index (κ2) is 10.4. The first kappa shape index (κ1) is 24.6. The Morgan fingerprint density at radius 3 is 2.36 bits per heavy atom. The van der Waals surface area contributed by atoms with Crippen molar-refractivity contribution in [2.24, 2.45) is 11.0 Å². The molecule has 2 aromatic carbocycles. The zero-order valence-electron chi connectivity index (χ0n) is 19.6. The van der Waals surface area contributed by atoms with Crippen molar-refractivity contribution < 1.29 is 19.1 Å². The Bertz CT molecular complexity index is 1360. The molecule has 184 valence electrons. The number of anilines is 1. The van der Waals surface area contributed by atoms with E-state index in [0.29, 0.717) is 11.1 Å². The number of ether oxygens (including phenoxy) is 2. The second-order valence-corrected chi connectivity index (χ2v) is 8.24. The number of azide groups is 1. The first-order chi connectivity index (χ1) is 17.4. The molecule has 1 aliphatic heterocycles. The van der Waals surface area contributed by atoms with E-state index in [1.54, 1.807) is 74.5 Å². The van der Waals surface area contributed by atoms with Crippen LogP contribution >= 0.6 is 0 Å². The summed E-state index contributed by atoms with van der Waals surface area (Å²) < 4.78 is 13.0. The lowest BCUT2D eigenvalue weighted by Gasteiger charge is -2.26. The van der Waals surface area contributed by atoms with Gasteiger partial charge in [-0.25, -0.2) is 9.59 Å². The molecule has 1 fully saturated rings. The van der Waals surface area contributed by atoms with E-state index >= 15 is 0 Å². The van der Waals surface area contributed by atoms with Crippen molar-refractivity contribution >= 4 is 17.7 Å². The highest BCUT2D eigenvalue weighted by Gasteiger charge is 2.54. The predicted octanol–water partition coefficient (Wildman–Crippen LogP) is 4.30. The van der Waals surface area contributed by atoms with Crippen LogP contribution in [0.2, 0.25) is 0 Å². The summed E-state index contributed by atoms with van der Waals surface area (Å²) in [7, 11) is 0. The summed E-state index contributed by atoms with van der Waals surface area (Å²) in [4.78, 5) is 45.1. The van der Waals surface area contributed by atoms with Gasteiger partial charge in [0.25, 0.3) is 5.91 Å². The van der Waals surface area contributed by atoms with Crippen molar-refractivity contribution in [2.45, 2.75) is 38.3 Å². The Balaban J connectivity index is 1.64. The molecule has 0 radical (unpaired) electrons. The van der Waals surface area contributed by atoms with Gasteiger partial charge < -0.3 is 14.8 Å². The van der Waals surface area contributed by atoms with Gasteiger partial charge >= 0.3 is 11.7 Å². The van der Waals surface area contributed by atoms with Gasteiger partial charge in [-0.1, -0.05) is 55.4 Å². The van der Waals surface area contributed by atoms with Gasteiger partial charge in [-0.05, 0) is 42.3 Å². The lowest BCUT2D eigenvalue weighted by atomic mass is 9.92. The van der Waals surface area contributed by atoms with E-state index in [2.05, 4.69) is 20.3 Å². The van der Waals surface area contributed by atoms with Crippen LogP contribution in [0.15, 0.2) is 82.8 Å². The van der Waals surface area contributed by atoms with Gasteiger partial charge in [-0.15, -0.1) is 0 Å². The maximum atomic E-state index is 13.0. The third-order valence-corrected chi connectivity index (χ3v) is 6.17. The van der Waals surface area contributed by atoms with Crippen LogP contribution in [0.1, 0.15) is 47.2 Å². The Morgan fingerprint density at radius 1 is 1.14 bits per heavy atom. The minimum Gasteiger partial charge on any atom is -0.454 e. The van der Waals surface area contributed by atoms with Crippen LogP contribution in [-0.2, 0) is 9.47 Å². The van der Waals surface area contributed by atoms with Crippen molar-refractivity contribution in [1.82, 2.24) is 9.55 Å². The number of nitrogens with zero attached hydrogens (tertiary/aromatic N) is 5. The number of amides is 1. The quantitative estimate of drug-likeness (QED) is 0.227. The first-order valence-corrected chi connectivity index (χ1v) is 11.3. The van der Waals surface area contributed by atoms with Crippen LogP contribution in [0.4, 0.5) is 5.82 Å². The normalized spacial score (nSPS) is 22.9. The molecule has 2 heterocycles. The highest BCUT2D eigenvalue weighted by Crippen LogP contribution is 2.46. The van der Waals surface area contributed by atoms with Crippen LogP contribution in [-0.4, -0.2) is 33.3 Å². The van der Waals surface area contributed by atoms with E-state index in [0.717, 1.165) is 4.57 Å². The van der Waals surface area contributed by atoms with Crippen LogP contribution in [0.3, 0.4) is 0 Å². The Labute approximate surface area is 206 Å². The highest BCUT2D eigenvalue weighted by molar-refractivity contribution is 6.03. The zero-order chi connectivity index (χ0) is 25.7. The van der Waals surface area contributed by atoms with Gasteiger partial charge in [0, 0.05) is 22.6 Å². The molecular formula is C25H24N6O5. The number of hydrogen-bond donors (Lipinski definition) is 1. The number of hydrogen-bond acceptors (Lipinski definition) is 7. The number of rotatable bonds is 7. The van der Waals surface area contributed by atoms with Crippen molar-refractivity contribution in [3.05, 3.63) is 105 Å². The predicted molar refractivity (Wildman–Crippen MR) is 130 cm³/mol. The summed E-state index contributed by atoms with van der Waals surface area (Å²) in [6, 6.07) is 18.3. The van der Waals surface area contributed by atoms with E-state index in [9.17, 15) is 14.4 Å². The molecule has 3 aromatic rings. The number of esters is 1. The summed E-state index contributed by atoms with van der Waals surface area (Å²) in [6.45, 7) is 3.50. The number of carbonyl (C=O) groups is 2. The molecule has 11 nitrogen and oxygen atoms in total. The van der Waals surface area contributed by atoms with Crippen LogP contribution in [0, 0.1) is 5.92 Å². The molecular weight excluding hydrogens is 464 g/mol. The minimum atomic E-state index is -1.35. The van der Waals surface area contributed by atoms with Gasteiger partial charge in [0.1, 0.15) is 5.82 Å². The number of benzene rings is 2. The van der Waals surface area contributed by atoms with E-state index in [1.165, 1.54) is 12.3 Å². The molecule has 36 heavy (non-hydrogen) atoms. The maximum absolute atomic E-state index is 13.0. The van der Waals surface area contributed by atoms with E-state index < -0.39 is 41.5 Å². The SMILES string of the molecule is CC[C@@]1(N=[N+]=[N-])O[C@@H](n2ccc(NC(=O)c3ccccc3)nc2=O)[C@H](OC(=O)c2ccccc2)[C@@H]1C. The van der Waals surface area contributed by atoms with Crippen molar-refractivity contribution in [2.75, 3.05) is 5.32 Å². The van der Waals surface area contributed by atoms with Gasteiger partial charge in [0.15, 0.2) is 18.1 Å². The van der Waals surface area contributed by atoms with Crippen LogP contribution < -0.4 is 11.0 Å². The van der Waals surface area contributed by atoms with E-state index in [1.807, 2.05) is 0 Å². The molecule has 1 amide bonds. The largest absolute Gasteiger partial charge is 0.454 e. The topological polar surface area (TPSA) is 148 Å². The molecule has 4 rings (SSSR count). The first-order valence-electron chi connectivity index (χ1n) is 11.3. The summed E-state index contributed by atoms with van der Waals surface area (Å²) in [5, 5.41) is 6.44. The van der Waals surface area contributed by atoms with E-state index in [4.69, 9.17) is 15.0 Å². The van der Waals surface area contributed by atoms with Crippen molar-refractivity contribution in [3.8, 4) is 0 Å². The molecule has 0 spiro atoms. The fourth-order valence-electron chi connectivity index (χ4n) is 4.15. The zero-order valence-corrected chi connectivity index (χ0v) is 19.6. The fraction of sp³-hybridized carbons (Fsp3) is 0.280. The molecule has 0 unspecified atom stereocenters. The van der Waals surface area contributed by atoms with Crippen molar-refractivity contribution in [1.29, 1.82) is 0 Å². The lowest BCUT2D eigenvalue weighted by molar-refractivity contribution is -0.0946. The minimum absolute atomic E-state index is 0.0470. The molecule has 1 aliphatic rings. The standard InChI is InChI=1S/C25H24N6O5/c1-3-25(29-30-26)16(2)20(35-23(33)18-12-8-5-9-13-18)22(36-25)31-15-14-19(28-24(31)34)27-21(32)17-10-6-4-7-11-17/h4-16,20,22H,3H2,1-2H3,(H,27,28,32,34)/t16-,20+,22+,25+/m0/s1. The molecule has 11 heteroatoms. The monoisotopic (exact) mass is 488 g/mol. The molecule has 0 saturated carbocycles. The van der Waals surface area contributed by atoms with Gasteiger partial charge in [-0.3, -0.25) is 9.36 Å². The van der Waals surface area contributed by atoms with Gasteiger partial charge in [0.2, 0.25) is 0 Å². The third-order valence-electron chi connectivity index (χ3n) is 6.17. The van der Waals surface area contributed by atoms with Gasteiger partial charge in [0.05, 0.1) is 5.56 Å². The smallest absolute Gasteiger partial charge is 0.351 e. The molecule has 0 aliphatic carbocycles. The Kier molecular flexibility index (Phi) is 7.14. The summed E-state index contributed by atoms with van der Waals surface area (Å²) in [5.74, 6) is -1.57. The Hall–Kier alpha value is -4.47. The average Bonchev–Trinajstić information content (AvgIpc) is 3.16. The van der Waals surface area contributed by atoms with E-state index in [-0.39, 0.29) is 12.2 Å². The van der Waals surface area contributed by atoms with Gasteiger partial charge in [-0.2, -0.15) is 4.98 Å². The average molecular weight is 489 g/mol.